The fraction of sp³-hybridized carbons (Fsp3) is 0. The van der Waals surface area contributed by atoms with Crippen molar-refractivity contribution < 1.29 is 4.79 Å². The van der Waals surface area contributed by atoms with Crippen LogP contribution >= 0.6 is 23.2 Å². The second kappa shape index (κ2) is 5.15. The van der Waals surface area contributed by atoms with Crippen LogP contribution in [0, 0.1) is 0 Å². The molecule has 6 heteroatoms. The number of imidazole rings is 1. The number of hydrogen-bond donors (Lipinski definition) is 1. The first kappa shape index (κ1) is 13.0. The molecule has 1 N–H and O–H groups in total. The van der Waals surface area contributed by atoms with Crippen molar-refractivity contribution in [3.63, 3.8) is 0 Å². The van der Waals surface area contributed by atoms with E-state index >= 15 is 0 Å². The zero-order chi connectivity index (χ0) is 14.1. The predicted octanol–water partition coefficient (Wildman–Crippen LogP) is 3.89. The van der Waals surface area contributed by atoms with Crippen LogP contribution in [0.4, 0.5) is 5.69 Å². The van der Waals surface area contributed by atoms with Gasteiger partial charge in [-0.2, -0.15) is 0 Å². The highest BCUT2D eigenvalue weighted by atomic mass is 35.5. The lowest BCUT2D eigenvalue weighted by atomic mass is 10.2. The first-order chi connectivity index (χ1) is 9.63. The van der Waals surface area contributed by atoms with Gasteiger partial charge >= 0.3 is 0 Å². The second-order valence-electron chi connectivity index (χ2n) is 4.22. The molecule has 0 radical (unpaired) electrons. The van der Waals surface area contributed by atoms with Crippen molar-refractivity contribution in [3.05, 3.63) is 64.7 Å². The van der Waals surface area contributed by atoms with E-state index in [1.807, 2.05) is 4.40 Å². The summed E-state index contributed by atoms with van der Waals surface area (Å²) >= 11 is 11.7. The van der Waals surface area contributed by atoms with Crippen molar-refractivity contribution in [2.24, 2.45) is 0 Å². The third-order valence-electron chi connectivity index (χ3n) is 2.85. The van der Waals surface area contributed by atoms with Crippen LogP contribution < -0.4 is 5.32 Å². The number of amides is 1. The van der Waals surface area contributed by atoms with Crippen LogP contribution in [0.25, 0.3) is 5.52 Å². The summed E-state index contributed by atoms with van der Waals surface area (Å²) < 4.78 is 1.83. The fourth-order valence-electron chi connectivity index (χ4n) is 1.84. The van der Waals surface area contributed by atoms with E-state index in [9.17, 15) is 4.79 Å². The van der Waals surface area contributed by atoms with Crippen molar-refractivity contribution >= 4 is 40.3 Å². The molecule has 0 unspecified atom stereocenters. The Balaban J connectivity index is 1.86. The number of aromatic nitrogens is 2. The molecule has 3 rings (SSSR count). The third kappa shape index (κ3) is 2.48. The van der Waals surface area contributed by atoms with E-state index < -0.39 is 0 Å². The standard InChI is InChI=1S/C14H9Cl2N3O/c15-12-2-1-10(6-13(12)16)18-14(20)9-3-4-19-8-17-7-11(19)5-9/h1-8H,(H,18,20). The average molecular weight is 306 g/mol. The number of anilines is 1. The number of nitrogens with zero attached hydrogens (tertiary/aromatic N) is 2. The quantitative estimate of drug-likeness (QED) is 0.780. The lowest BCUT2D eigenvalue weighted by Crippen LogP contribution is -2.12. The highest BCUT2D eigenvalue weighted by molar-refractivity contribution is 6.42. The smallest absolute Gasteiger partial charge is 0.255 e. The molecule has 100 valence electrons. The number of pyridine rings is 1. The maximum Gasteiger partial charge on any atom is 0.255 e. The molecule has 0 aliphatic heterocycles. The van der Waals surface area contributed by atoms with Crippen LogP contribution in [0.3, 0.4) is 0 Å². The molecule has 2 heterocycles. The summed E-state index contributed by atoms with van der Waals surface area (Å²) in [6, 6.07) is 8.43. The molecule has 0 aliphatic carbocycles. The summed E-state index contributed by atoms with van der Waals surface area (Å²) in [5.41, 5.74) is 1.99. The molecule has 1 amide bonds. The summed E-state index contributed by atoms with van der Waals surface area (Å²) in [5.74, 6) is -0.216. The van der Waals surface area contributed by atoms with Gasteiger partial charge in [-0.05, 0) is 30.3 Å². The number of carbonyl (C=O) groups excluding carboxylic acids is 1. The molecule has 4 nitrogen and oxygen atoms in total. The van der Waals surface area contributed by atoms with E-state index in [1.165, 1.54) is 0 Å². The number of rotatable bonds is 2. The number of halogens is 2. The minimum Gasteiger partial charge on any atom is -0.322 e. The van der Waals surface area contributed by atoms with Crippen molar-refractivity contribution in [1.29, 1.82) is 0 Å². The van der Waals surface area contributed by atoms with Crippen LogP contribution in [0.2, 0.25) is 10.0 Å². The molecule has 20 heavy (non-hydrogen) atoms. The molecule has 0 spiro atoms. The SMILES string of the molecule is O=C(Nc1ccc(Cl)c(Cl)c1)c1ccn2cncc2c1. The molecule has 3 aromatic rings. The molecule has 0 fully saturated rings. The molecule has 0 saturated heterocycles. The van der Waals surface area contributed by atoms with Crippen LogP contribution in [-0.2, 0) is 0 Å². The van der Waals surface area contributed by atoms with E-state index in [0.29, 0.717) is 21.3 Å². The Hall–Kier alpha value is -2.04. The zero-order valence-electron chi connectivity index (χ0n) is 10.2. The maximum atomic E-state index is 12.2. The fourth-order valence-corrected chi connectivity index (χ4v) is 2.14. The topological polar surface area (TPSA) is 46.4 Å². The van der Waals surface area contributed by atoms with E-state index in [4.69, 9.17) is 23.2 Å². The van der Waals surface area contributed by atoms with Crippen LogP contribution in [-0.4, -0.2) is 15.3 Å². The van der Waals surface area contributed by atoms with Crippen molar-refractivity contribution in [1.82, 2.24) is 9.38 Å². The summed E-state index contributed by atoms with van der Waals surface area (Å²) in [5, 5.41) is 3.62. The molecule has 0 bridgehead atoms. The molecular weight excluding hydrogens is 297 g/mol. The van der Waals surface area contributed by atoms with Crippen molar-refractivity contribution in [2.75, 3.05) is 5.32 Å². The van der Waals surface area contributed by atoms with Gasteiger partial charge in [0.1, 0.15) is 0 Å². The number of fused-ring (bicyclic) bond motifs is 1. The van der Waals surface area contributed by atoms with E-state index in [1.54, 1.807) is 49.1 Å². The van der Waals surface area contributed by atoms with Crippen molar-refractivity contribution in [2.45, 2.75) is 0 Å². The van der Waals surface area contributed by atoms with Gasteiger partial charge in [0, 0.05) is 17.4 Å². The largest absolute Gasteiger partial charge is 0.322 e. The van der Waals surface area contributed by atoms with Gasteiger partial charge in [-0.25, -0.2) is 4.98 Å². The number of carbonyl (C=O) groups is 1. The summed E-state index contributed by atoms with van der Waals surface area (Å²) in [6.45, 7) is 0. The van der Waals surface area contributed by atoms with E-state index in [0.717, 1.165) is 5.52 Å². The minimum absolute atomic E-state index is 0.216. The van der Waals surface area contributed by atoms with Gasteiger partial charge in [-0.15, -0.1) is 0 Å². The van der Waals surface area contributed by atoms with Gasteiger partial charge in [0.05, 0.1) is 28.1 Å². The molecule has 1 aromatic carbocycles. The molecular formula is C14H9Cl2N3O. The lowest BCUT2D eigenvalue weighted by molar-refractivity contribution is 0.102. The minimum atomic E-state index is -0.216. The molecule has 0 saturated carbocycles. The van der Waals surface area contributed by atoms with Crippen LogP contribution in [0.5, 0.6) is 0 Å². The third-order valence-corrected chi connectivity index (χ3v) is 3.59. The molecule has 0 aliphatic rings. The van der Waals surface area contributed by atoms with Crippen LogP contribution in [0.1, 0.15) is 10.4 Å². The highest BCUT2D eigenvalue weighted by Gasteiger charge is 2.08. The van der Waals surface area contributed by atoms with Gasteiger partial charge < -0.3 is 9.72 Å². The van der Waals surface area contributed by atoms with Crippen LogP contribution in [0.15, 0.2) is 49.1 Å². The summed E-state index contributed by atoms with van der Waals surface area (Å²) in [4.78, 5) is 16.2. The predicted molar refractivity (Wildman–Crippen MR) is 79.6 cm³/mol. The Bertz CT molecular complexity index is 798. The zero-order valence-corrected chi connectivity index (χ0v) is 11.7. The first-order valence-corrected chi connectivity index (χ1v) is 6.57. The summed E-state index contributed by atoms with van der Waals surface area (Å²) in [7, 11) is 0. The summed E-state index contributed by atoms with van der Waals surface area (Å²) in [6.07, 6.45) is 5.15. The number of benzene rings is 1. The Morgan fingerprint density at radius 2 is 2.00 bits per heavy atom. The van der Waals surface area contributed by atoms with Gasteiger partial charge in [0.15, 0.2) is 0 Å². The molecule has 0 atom stereocenters. The Labute approximate surface area is 125 Å². The monoisotopic (exact) mass is 305 g/mol. The Morgan fingerprint density at radius 1 is 1.15 bits per heavy atom. The number of nitrogens with one attached hydrogen (secondary N) is 1. The van der Waals surface area contributed by atoms with Gasteiger partial charge in [0.2, 0.25) is 0 Å². The first-order valence-electron chi connectivity index (χ1n) is 5.81. The van der Waals surface area contributed by atoms with Gasteiger partial charge in [0.25, 0.3) is 5.91 Å². The second-order valence-corrected chi connectivity index (χ2v) is 5.04. The Kier molecular flexibility index (Phi) is 3.34. The van der Waals surface area contributed by atoms with E-state index in [-0.39, 0.29) is 5.91 Å². The highest BCUT2D eigenvalue weighted by Crippen LogP contribution is 2.25. The normalized spacial score (nSPS) is 10.7. The Morgan fingerprint density at radius 3 is 2.80 bits per heavy atom. The average Bonchev–Trinajstić information content (AvgIpc) is 2.90. The van der Waals surface area contributed by atoms with E-state index in [2.05, 4.69) is 10.3 Å². The maximum absolute atomic E-state index is 12.2. The lowest BCUT2D eigenvalue weighted by Gasteiger charge is -2.06. The van der Waals surface area contributed by atoms with Gasteiger partial charge in [-0.3, -0.25) is 4.79 Å². The van der Waals surface area contributed by atoms with Gasteiger partial charge in [-0.1, -0.05) is 23.2 Å². The number of hydrogen-bond acceptors (Lipinski definition) is 2. The van der Waals surface area contributed by atoms with Crippen molar-refractivity contribution in [3.8, 4) is 0 Å². The molecule has 2 aromatic heterocycles.